The number of carbonyl (C=O) groups is 2. The van der Waals surface area contributed by atoms with E-state index < -0.39 is 12.6 Å². The second-order valence-electron chi connectivity index (χ2n) is 6.54. The van der Waals surface area contributed by atoms with Crippen LogP contribution in [0.2, 0.25) is 0 Å². The summed E-state index contributed by atoms with van der Waals surface area (Å²) in [5.41, 5.74) is 2.74. The lowest BCUT2D eigenvalue weighted by Gasteiger charge is -2.15. The normalized spacial score (nSPS) is 15.2. The Hall–Kier alpha value is -2.64. The molecule has 1 heterocycles. The third kappa shape index (κ3) is 5.46. The lowest BCUT2D eigenvalue weighted by Crippen LogP contribution is -2.27. The fourth-order valence-corrected chi connectivity index (χ4v) is 4.17. The molecule has 5 nitrogen and oxygen atoms in total. The number of hydrogen-bond donors (Lipinski definition) is 1. The van der Waals surface area contributed by atoms with Gasteiger partial charge < -0.3 is 9.84 Å². The number of benzene rings is 2. The van der Waals surface area contributed by atoms with Crippen molar-refractivity contribution in [1.29, 1.82) is 0 Å². The van der Waals surface area contributed by atoms with Crippen LogP contribution in [-0.2, 0) is 16.0 Å². The Kier molecular flexibility index (Phi) is 7.06. The number of nitrogens with zero attached hydrogens (tertiary/aromatic N) is 1. The molecule has 1 N–H and O–H groups in total. The number of aliphatic carboxylic acids is 1. The molecule has 2 aromatic carbocycles. The minimum Gasteiger partial charge on any atom is -0.482 e. The molecular formula is C22H21NO4S2. The number of carboxylic acids is 1. The number of thioether (sulfide) groups is 1. The van der Waals surface area contributed by atoms with Crippen molar-refractivity contribution >= 4 is 51.9 Å². The van der Waals surface area contributed by atoms with Crippen LogP contribution in [0.25, 0.3) is 6.08 Å². The van der Waals surface area contributed by atoms with Crippen molar-refractivity contribution in [1.82, 2.24) is 0 Å². The van der Waals surface area contributed by atoms with Gasteiger partial charge in [-0.25, -0.2) is 4.79 Å². The summed E-state index contributed by atoms with van der Waals surface area (Å²) in [6, 6.07) is 14.9. The van der Waals surface area contributed by atoms with Crippen LogP contribution >= 0.6 is 24.0 Å². The molecule has 7 heteroatoms. The molecule has 0 radical (unpaired) electrons. The summed E-state index contributed by atoms with van der Waals surface area (Å²) in [4.78, 5) is 25.6. The average molecular weight is 428 g/mol. The van der Waals surface area contributed by atoms with E-state index in [1.54, 1.807) is 29.2 Å². The summed E-state index contributed by atoms with van der Waals surface area (Å²) in [7, 11) is 0. The van der Waals surface area contributed by atoms with Gasteiger partial charge in [-0.3, -0.25) is 9.69 Å². The standard InChI is InChI=1S/C22H21NO4S2/c1-2-3-5-15-8-10-17(11-9-15)23-21(26)19(29-22(23)28)13-16-6-4-7-18(12-16)27-14-20(24)25/h4,6-13H,2-3,5,14H2,1H3,(H,24,25)/b19-13+. The number of rotatable bonds is 8. The van der Waals surface area contributed by atoms with Gasteiger partial charge >= 0.3 is 5.97 Å². The number of anilines is 1. The Morgan fingerprint density at radius 2 is 2.00 bits per heavy atom. The molecule has 150 valence electrons. The fourth-order valence-electron chi connectivity index (χ4n) is 2.87. The summed E-state index contributed by atoms with van der Waals surface area (Å²) >= 11 is 6.68. The molecule has 0 unspecified atom stereocenters. The number of thiocarbonyl (C=S) groups is 1. The molecule has 0 spiro atoms. The molecule has 0 bridgehead atoms. The lowest BCUT2D eigenvalue weighted by molar-refractivity contribution is -0.139. The van der Waals surface area contributed by atoms with Gasteiger partial charge in [0.05, 0.1) is 10.6 Å². The van der Waals surface area contributed by atoms with Gasteiger partial charge in [-0.05, 0) is 54.3 Å². The van der Waals surface area contributed by atoms with Crippen molar-refractivity contribution in [2.24, 2.45) is 0 Å². The van der Waals surface area contributed by atoms with Crippen LogP contribution in [0.4, 0.5) is 5.69 Å². The zero-order valence-corrected chi connectivity index (χ0v) is 17.6. The van der Waals surface area contributed by atoms with E-state index in [0.29, 0.717) is 15.0 Å². The lowest BCUT2D eigenvalue weighted by atomic mass is 10.1. The van der Waals surface area contributed by atoms with E-state index in [-0.39, 0.29) is 5.91 Å². The van der Waals surface area contributed by atoms with E-state index in [2.05, 4.69) is 6.92 Å². The van der Waals surface area contributed by atoms with Crippen LogP contribution < -0.4 is 9.64 Å². The monoisotopic (exact) mass is 427 g/mol. The molecule has 1 amide bonds. The molecule has 0 atom stereocenters. The minimum absolute atomic E-state index is 0.168. The zero-order chi connectivity index (χ0) is 20.8. The van der Waals surface area contributed by atoms with Crippen LogP contribution in [0.15, 0.2) is 53.4 Å². The van der Waals surface area contributed by atoms with E-state index >= 15 is 0 Å². The number of ether oxygens (including phenoxy) is 1. The molecule has 1 aliphatic heterocycles. The van der Waals surface area contributed by atoms with Crippen molar-refractivity contribution in [3.63, 3.8) is 0 Å². The highest BCUT2D eigenvalue weighted by Crippen LogP contribution is 2.36. The average Bonchev–Trinajstić information content (AvgIpc) is 2.98. The predicted octanol–water partition coefficient (Wildman–Crippen LogP) is 4.90. The van der Waals surface area contributed by atoms with Gasteiger partial charge in [-0.2, -0.15) is 0 Å². The maximum Gasteiger partial charge on any atom is 0.341 e. The smallest absolute Gasteiger partial charge is 0.341 e. The fraction of sp³-hybridized carbons (Fsp3) is 0.227. The van der Waals surface area contributed by atoms with Gasteiger partial charge in [0, 0.05) is 0 Å². The maximum atomic E-state index is 12.9. The van der Waals surface area contributed by atoms with Crippen molar-refractivity contribution < 1.29 is 19.4 Å². The molecule has 1 aliphatic rings. The van der Waals surface area contributed by atoms with E-state index in [1.807, 2.05) is 30.3 Å². The highest BCUT2D eigenvalue weighted by atomic mass is 32.2. The number of amides is 1. The summed E-state index contributed by atoms with van der Waals surface area (Å²) in [6.45, 7) is 1.74. The Morgan fingerprint density at radius 3 is 2.69 bits per heavy atom. The summed E-state index contributed by atoms with van der Waals surface area (Å²) in [6.07, 6.45) is 5.04. The minimum atomic E-state index is -1.04. The van der Waals surface area contributed by atoms with Gasteiger partial charge in [0.25, 0.3) is 5.91 Å². The first kappa shape index (κ1) is 21.1. The quantitative estimate of drug-likeness (QED) is 0.478. The highest BCUT2D eigenvalue weighted by Gasteiger charge is 2.33. The number of carbonyl (C=O) groups excluding carboxylic acids is 1. The van der Waals surface area contributed by atoms with Crippen LogP contribution in [0.1, 0.15) is 30.9 Å². The van der Waals surface area contributed by atoms with E-state index in [0.717, 1.165) is 30.5 Å². The number of hydrogen-bond acceptors (Lipinski definition) is 5. The van der Waals surface area contributed by atoms with Crippen LogP contribution in [0.5, 0.6) is 5.75 Å². The number of aryl methyl sites for hydroxylation is 1. The topological polar surface area (TPSA) is 66.8 Å². The SMILES string of the molecule is CCCCc1ccc(N2C(=O)/C(=C\c3cccc(OCC(=O)O)c3)SC2=S)cc1. The molecule has 0 aliphatic carbocycles. The Balaban J connectivity index is 1.76. The van der Waals surface area contributed by atoms with Crippen LogP contribution in [0.3, 0.4) is 0 Å². The molecule has 0 aromatic heterocycles. The summed E-state index contributed by atoms with van der Waals surface area (Å²) in [5.74, 6) is -0.783. The Morgan fingerprint density at radius 1 is 1.24 bits per heavy atom. The molecule has 29 heavy (non-hydrogen) atoms. The second-order valence-corrected chi connectivity index (χ2v) is 8.22. The number of unbranched alkanes of at least 4 members (excludes halogenated alkanes) is 1. The predicted molar refractivity (Wildman–Crippen MR) is 120 cm³/mol. The van der Waals surface area contributed by atoms with Crippen molar-refractivity contribution in [2.45, 2.75) is 26.2 Å². The highest BCUT2D eigenvalue weighted by molar-refractivity contribution is 8.27. The molecule has 1 fully saturated rings. The first-order valence-corrected chi connectivity index (χ1v) is 10.5. The number of carboxylic acid groups (broad SMARTS) is 1. The van der Waals surface area contributed by atoms with Gasteiger partial charge in [0.1, 0.15) is 5.75 Å². The second kappa shape index (κ2) is 9.71. The van der Waals surface area contributed by atoms with Crippen molar-refractivity contribution in [2.75, 3.05) is 11.5 Å². The van der Waals surface area contributed by atoms with E-state index in [4.69, 9.17) is 22.1 Å². The molecule has 1 saturated heterocycles. The van der Waals surface area contributed by atoms with E-state index in [9.17, 15) is 9.59 Å². The van der Waals surface area contributed by atoms with Crippen molar-refractivity contribution in [3.05, 3.63) is 64.6 Å². The van der Waals surface area contributed by atoms with Gasteiger partial charge in [-0.1, -0.05) is 61.6 Å². The van der Waals surface area contributed by atoms with Crippen LogP contribution in [-0.4, -0.2) is 27.9 Å². The molecule has 0 saturated carbocycles. The van der Waals surface area contributed by atoms with Gasteiger partial charge in [0.15, 0.2) is 10.9 Å². The van der Waals surface area contributed by atoms with Gasteiger partial charge in [0.2, 0.25) is 0 Å². The maximum absolute atomic E-state index is 12.9. The third-order valence-electron chi connectivity index (χ3n) is 4.33. The van der Waals surface area contributed by atoms with Gasteiger partial charge in [-0.15, -0.1) is 0 Å². The Labute approximate surface area is 179 Å². The first-order valence-electron chi connectivity index (χ1n) is 9.29. The summed E-state index contributed by atoms with van der Waals surface area (Å²) in [5, 5.41) is 8.73. The Bertz CT molecular complexity index is 954. The molecule has 3 rings (SSSR count). The molecule has 2 aromatic rings. The zero-order valence-electron chi connectivity index (χ0n) is 16.0. The summed E-state index contributed by atoms with van der Waals surface area (Å²) < 4.78 is 5.68. The molecular weight excluding hydrogens is 406 g/mol. The van der Waals surface area contributed by atoms with Crippen LogP contribution in [0, 0.1) is 0 Å². The largest absolute Gasteiger partial charge is 0.482 e. The van der Waals surface area contributed by atoms with Crippen molar-refractivity contribution in [3.8, 4) is 5.75 Å². The van der Waals surface area contributed by atoms with E-state index in [1.165, 1.54) is 17.3 Å². The third-order valence-corrected chi connectivity index (χ3v) is 5.63. The first-order chi connectivity index (χ1) is 14.0.